The highest BCUT2D eigenvalue weighted by molar-refractivity contribution is 5.99. The summed E-state index contributed by atoms with van der Waals surface area (Å²) in [6.45, 7) is 7.73. The lowest BCUT2D eigenvalue weighted by atomic mass is 9.76. The Morgan fingerprint density at radius 3 is 2.71 bits per heavy atom. The predicted octanol–water partition coefficient (Wildman–Crippen LogP) is 2.06. The van der Waals surface area contributed by atoms with Crippen LogP contribution < -0.4 is 0 Å². The molecule has 6 nitrogen and oxygen atoms in total. The molecule has 2 aliphatic rings. The van der Waals surface area contributed by atoms with E-state index in [9.17, 15) is 9.59 Å². The zero-order valence-electron chi connectivity index (χ0n) is 13.1. The lowest BCUT2D eigenvalue weighted by molar-refractivity contribution is -0.177. The first kappa shape index (κ1) is 15.8. The molecule has 21 heavy (non-hydrogen) atoms. The maximum absolute atomic E-state index is 12.4. The van der Waals surface area contributed by atoms with Gasteiger partial charge in [-0.15, -0.1) is 0 Å². The molecule has 0 spiro atoms. The number of nitrogens with zero attached hydrogens (tertiary/aromatic N) is 1. The number of rotatable bonds is 4. The van der Waals surface area contributed by atoms with Crippen molar-refractivity contribution in [3.8, 4) is 0 Å². The average molecular weight is 297 g/mol. The Bertz CT molecular complexity index is 465. The van der Waals surface area contributed by atoms with E-state index in [1.165, 1.54) is 0 Å². The molecular weight excluding hydrogens is 274 g/mol. The molecule has 6 heteroatoms. The summed E-state index contributed by atoms with van der Waals surface area (Å²) in [7, 11) is 0. The molecule has 1 aliphatic carbocycles. The van der Waals surface area contributed by atoms with Crippen molar-refractivity contribution in [3.63, 3.8) is 0 Å². The minimum Gasteiger partial charge on any atom is -0.463 e. The fourth-order valence-corrected chi connectivity index (χ4v) is 3.03. The largest absolute Gasteiger partial charge is 0.463 e. The van der Waals surface area contributed by atoms with E-state index >= 15 is 0 Å². The van der Waals surface area contributed by atoms with Crippen LogP contribution in [0.15, 0.2) is 5.16 Å². The van der Waals surface area contributed by atoms with Gasteiger partial charge in [-0.1, -0.05) is 25.9 Å². The van der Waals surface area contributed by atoms with Crippen molar-refractivity contribution in [2.45, 2.75) is 52.6 Å². The van der Waals surface area contributed by atoms with E-state index in [2.05, 4.69) is 5.16 Å². The Balaban J connectivity index is 2.05. The van der Waals surface area contributed by atoms with E-state index in [0.29, 0.717) is 6.42 Å². The van der Waals surface area contributed by atoms with Gasteiger partial charge >= 0.3 is 11.9 Å². The summed E-state index contributed by atoms with van der Waals surface area (Å²) in [5.74, 6) is -1.12. The smallest absolute Gasteiger partial charge is 0.354 e. The molecular formula is C15H23NO5. The summed E-state index contributed by atoms with van der Waals surface area (Å²) in [5, 5.41) is 4.15. The maximum Gasteiger partial charge on any atom is 0.354 e. The predicted molar refractivity (Wildman–Crippen MR) is 75.6 cm³/mol. The highest BCUT2D eigenvalue weighted by Crippen LogP contribution is 2.48. The van der Waals surface area contributed by atoms with E-state index < -0.39 is 17.5 Å². The first-order chi connectivity index (χ1) is 9.81. The van der Waals surface area contributed by atoms with Crippen molar-refractivity contribution in [1.29, 1.82) is 0 Å². The Morgan fingerprint density at radius 2 is 2.10 bits per heavy atom. The van der Waals surface area contributed by atoms with Crippen LogP contribution in [0.4, 0.5) is 0 Å². The molecule has 1 fully saturated rings. The summed E-state index contributed by atoms with van der Waals surface area (Å²) in [4.78, 5) is 29.2. The van der Waals surface area contributed by atoms with Gasteiger partial charge in [0, 0.05) is 11.8 Å². The molecule has 0 amide bonds. The molecule has 1 saturated carbocycles. The van der Waals surface area contributed by atoms with Crippen molar-refractivity contribution in [1.82, 2.24) is 0 Å². The SMILES string of the molecule is CCOC(=O)COC(=O)C12CCCC1C(C(C)(C)C)=NO2. The van der Waals surface area contributed by atoms with Gasteiger partial charge in [0.15, 0.2) is 6.61 Å². The summed E-state index contributed by atoms with van der Waals surface area (Å²) in [6.07, 6.45) is 2.31. The third-order valence-corrected chi connectivity index (χ3v) is 3.98. The second-order valence-electron chi connectivity index (χ2n) is 6.53. The molecule has 2 atom stereocenters. The number of esters is 2. The van der Waals surface area contributed by atoms with Gasteiger partial charge in [-0.2, -0.15) is 0 Å². The Morgan fingerprint density at radius 1 is 1.38 bits per heavy atom. The zero-order valence-corrected chi connectivity index (χ0v) is 13.1. The Hall–Kier alpha value is -1.59. The lowest BCUT2D eigenvalue weighted by Crippen LogP contribution is -2.46. The third-order valence-electron chi connectivity index (χ3n) is 3.98. The van der Waals surface area contributed by atoms with Gasteiger partial charge in [-0.3, -0.25) is 0 Å². The van der Waals surface area contributed by atoms with Crippen molar-refractivity contribution in [2.24, 2.45) is 16.5 Å². The van der Waals surface area contributed by atoms with E-state index in [-0.39, 0.29) is 24.5 Å². The van der Waals surface area contributed by atoms with Crippen LogP contribution in [0, 0.1) is 11.3 Å². The van der Waals surface area contributed by atoms with Crippen LogP contribution in [0.2, 0.25) is 0 Å². The lowest BCUT2D eigenvalue weighted by Gasteiger charge is -2.27. The fraction of sp³-hybridized carbons (Fsp3) is 0.800. The topological polar surface area (TPSA) is 74.2 Å². The molecule has 0 bridgehead atoms. The highest BCUT2D eigenvalue weighted by Gasteiger charge is 2.60. The van der Waals surface area contributed by atoms with Crippen molar-refractivity contribution >= 4 is 17.7 Å². The maximum atomic E-state index is 12.4. The molecule has 0 aromatic carbocycles. The highest BCUT2D eigenvalue weighted by atomic mass is 16.7. The normalized spacial score (nSPS) is 27.6. The first-order valence-electron chi connectivity index (χ1n) is 7.40. The minimum atomic E-state index is -1.05. The van der Waals surface area contributed by atoms with Gasteiger partial charge < -0.3 is 14.3 Å². The van der Waals surface area contributed by atoms with Gasteiger partial charge in [0.25, 0.3) is 0 Å². The molecule has 0 radical (unpaired) electrons. The molecule has 0 saturated heterocycles. The van der Waals surface area contributed by atoms with Crippen LogP contribution in [0.3, 0.4) is 0 Å². The Labute approximate surface area is 124 Å². The molecule has 1 aliphatic heterocycles. The number of hydrogen-bond donors (Lipinski definition) is 0. The van der Waals surface area contributed by atoms with Crippen LogP contribution >= 0.6 is 0 Å². The van der Waals surface area contributed by atoms with Crippen molar-refractivity contribution in [3.05, 3.63) is 0 Å². The van der Waals surface area contributed by atoms with Crippen molar-refractivity contribution in [2.75, 3.05) is 13.2 Å². The van der Waals surface area contributed by atoms with Crippen molar-refractivity contribution < 1.29 is 23.9 Å². The van der Waals surface area contributed by atoms with Gasteiger partial charge in [0.2, 0.25) is 5.60 Å². The number of carbonyl (C=O) groups excluding carboxylic acids is 2. The van der Waals surface area contributed by atoms with E-state index in [1.807, 2.05) is 20.8 Å². The summed E-state index contributed by atoms with van der Waals surface area (Å²) >= 11 is 0. The first-order valence-corrected chi connectivity index (χ1v) is 7.40. The molecule has 2 unspecified atom stereocenters. The number of hydrogen-bond acceptors (Lipinski definition) is 6. The van der Waals surface area contributed by atoms with Gasteiger partial charge in [0.1, 0.15) is 0 Å². The molecule has 0 N–H and O–H groups in total. The molecule has 1 heterocycles. The Kier molecular flexibility index (Phi) is 4.25. The number of fused-ring (bicyclic) bond motifs is 1. The zero-order chi connectivity index (χ0) is 15.7. The van der Waals surface area contributed by atoms with Gasteiger partial charge in [0.05, 0.1) is 18.2 Å². The summed E-state index contributed by atoms with van der Waals surface area (Å²) in [5.41, 5.74) is -0.305. The van der Waals surface area contributed by atoms with Gasteiger partial charge in [-0.05, 0) is 19.8 Å². The third kappa shape index (κ3) is 2.89. The molecule has 2 rings (SSSR count). The monoisotopic (exact) mass is 297 g/mol. The number of ether oxygens (including phenoxy) is 2. The van der Waals surface area contributed by atoms with Gasteiger partial charge in [-0.25, -0.2) is 9.59 Å². The second-order valence-corrected chi connectivity index (χ2v) is 6.53. The van der Waals surface area contributed by atoms with Crippen LogP contribution in [-0.4, -0.2) is 36.5 Å². The molecule has 0 aromatic heterocycles. The fourth-order valence-electron chi connectivity index (χ4n) is 3.03. The average Bonchev–Trinajstić information content (AvgIpc) is 2.93. The number of oxime groups is 1. The number of carbonyl (C=O) groups is 2. The standard InChI is InChI=1S/C15H23NO5/c1-5-19-11(17)9-20-13(18)15-8-6-7-10(15)12(16-21-15)14(2,3)4/h10H,5-9H2,1-4H3. The summed E-state index contributed by atoms with van der Waals surface area (Å²) in [6, 6.07) is 0. The molecule has 118 valence electrons. The van der Waals surface area contributed by atoms with Crippen LogP contribution in [-0.2, 0) is 23.9 Å². The van der Waals surface area contributed by atoms with E-state index in [1.54, 1.807) is 6.92 Å². The van der Waals surface area contributed by atoms with Crippen LogP contribution in [0.1, 0.15) is 47.0 Å². The summed E-state index contributed by atoms with van der Waals surface area (Å²) < 4.78 is 9.85. The van der Waals surface area contributed by atoms with Crippen LogP contribution in [0.25, 0.3) is 0 Å². The van der Waals surface area contributed by atoms with E-state index in [0.717, 1.165) is 18.6 Å². The van der Waals surface area contributed by atoms with E-state index in [4.69, 9.17) is 14.3 Å². The quantitative estimate of drug-likeness (QED) is 0.743. The molecule has 0 aromatic rings. The second kappa shape index (κ2) is 5.66. The van der Waals surface area contributed by atoms with Crippen LogP contribution in [0.5, 0.6) is 0 Å². The minimum absolute atomic E-state index is 0.0628.